The van der Waals surface area contributed by atoms with Crippen molar-refractivity contribution in [2.45, 2.75) is 39.3 Å². The molecule has 0 aliphatic carbocycles. The Balaban J connectivity index is 2.78. The minimum Gasteiger partial charge on any atom is -0.397 e. The van der Waals surface area contributed by atoms with E-state index in [-0.39, 0.29) is 11.9 Å². The molecule has 0 aromatic carbocycles. The maximum absolute atomic E-state index is 12.0. The van der Waals surface area contributed by atoms with Gasteiger partial charge >= 0.3 is 0 Å². The van der Waals surface area contributed by atoms with Crippen LogP contribution in [0.1, 0.15) is 37.2 Å². The van der Waals surface area contributed by atoms with Gasteiger partial charge in [0, 0.05) is 25.2 Å². The Morgan fingerprint density at radius 1 is 1.65 bits per heavy atom. The van der Waals surface area contributed by atoms with Crippen LogP contribution in [0, 0.1) is 12.3 Å². The summed E-state index contributed by atoms with van der Waals surface area (Å²) in [6.45, 7) is 4.68. The molecule has 92 valence electrons. The number of nitrogens with two attached hydrogens (primary N) is 1. The molecule has 0 radical (unpaired) electrons. The molecular weight excluding hydrogens is 214 g/mol. The first-order valence-electron chi connectivity index (χ1n) is 5.82. The van der Waals surface area contributed by atoms with E-state index in [9.17, 15) is 4.79 Å². The highest BCUT2D eigenvalue weighted by Gasteiger charge is 2.15. The van der Waals surface area contributed by atoms with Crippen molar-refractivity contribution < 1.29 is 4.79 Å². The molecule has 0 fully saturated rings. The number of aromatic nitrogens is 1. The Morgan fingerprint density at radius 3 is 2.88 bits per heavy atom. The minimum atomic E-state index is -0.120. The molecule has 1 unspecified atom stereocenters. The predicted molar refractivity (Wildman–Crippen MR) is 69.5 cm³/mol. The van der Waals surface area contributed by atoms with Crippen molar-refractivity contribution in [1.29, 1.82) is 0 Å². The average molecular weight is 233 g/mol. The second kappa shape index (κ2) is 6.00. The summed E-state index contributed by atoms with van der Waals surface area (Å²) in [5.74, 6) is 2.44. The van der Waals surface area contributed by atoms with Gasteiger partial charge in [0.2, 0.25) is 0 Å². The third-order valence-electron chi connectivity index (χ3n) is 2.68. The molecule has 4 heteroatoms. The van der Waals surface area contributed by atoms with E-state index in [2.05, 4.69) is 11.2 Å². The topological polar surface area (TPSA) is 60.1 Å². The van der Waals surface area contributed by atoms with E-state index >= 15 is 0 Å². The molecule has 1 rings (SSSR count). The van der Waals surface area contributed by atoms with Crippen LogP contribution in [0.4, 0.5) is 5.69 Å². The van der Waals surface area contributed by atoms with Crippen LogP contribution >= 0.6 is 0 Å². The van der Waals surface area contributed by atoms with Gasteiger partial charge in [0.25, 0.3) is 5.91 Å². The molecule has 0 bridgehead atoms. The molecule has 4 nitrogen and oxygen atoms in total. The van der Waals surface area contributed by atoms with Crippen LogP contribution in [-0.4, -0.2) is 16.5 Å². The van der Waals surface area contributed by atoms with Crippen LogP contribution in [0.2, 0.25) is 0 Å². The fourth-order valence-electron chi connectivity index (χ4n) is 1.68. The maximum Gasteiger partial charge on any atom is 0.268 e. The number of anilines is 1. The van der Waals surface area contributed by atoms with Gasteiger partial charge in [-0.2, -0.15) is 0 Å². The van der Waals surface area contributed by atoms with Gasteiger partial charge in [-0.25, -0.2) is 0 Å². The summed E-state index contributed by atoms with van der Waals surface area (Å²) in [7, 11) is 0. The van der Waals surface area contributed by atoms with Crippen molar-refractivity contribution in [3.05, 3.63) is 18.0 Å². The van der Waals surface area contributed by atoms with E-state index in [0.29, 0.717) is 24.3 Å². The number of rotatable bonds is 5. The largest absolute Gasteiger partial charge is 0.397 e. The quantitative estimate of drug-likeness (QED) is 0.759. The maximum atomic E-state index is 12.0. The average Bonchev–Trinajstić information content (AvgIpc) is 2.69. The van der Waals surface area contributed by atoms with Crippen molar-refractivity contribution in [2.75, 3.05) is 5.73 Å². The van der Waals surface area contributed by atoms with Gasteiger partial charge in [0.05, 0.1) is 5.69 Å². The van der Waals surface area contributed by atoms with Gasteiger partial charge in [-0.15, -0.1) is 12.3 Å². The Hall–Kier alpha value is -1.89. The molecule has 1 aromatic rings. The summed E-state index contributed by atoms with van der Waals surface area (Å²) >= 11 is 0. The van der Waals surface area contributed by atoms with E-state index in [4.69, 9.17) is 12.2 Å². The highest BCUT2D eigenvalue weighted by atomic mass is 16.2. The van der Waals surface area contributed by atoms with Crippen molar-refractivity contribution in [3.63, 3.8) is 0 Å². The number of amides is 1. The Kier molecular flexibility index (Phi) is 4.65. The number of nitrogens with one attached hydrogen (secondary N) is 1. The van der Waals surface area contributed by atoms with Crippen molar-refractivity contribution in [3.8, 4) is 12.3 Å². The molecule has 3 N–H and O–H groups in total. The van der Waals surface area contributed by atoms with Crippen LogP contribution in [0.25, 0.3) is 0 Å². The van der Waals surface area contributed by atoms with E-state index in [1.54, 1.807) is 12.3 Å². The molecule has 0 spiro atoms. The van der Waals surface area contributed by atoms with Gasteiger partial charge in [0.15, 0.2) is 0 Å². The molecule has 1 amide bonds. The van der Waals surface area contributed by atoms with Gasteiger partial charge in [-0.05, 0) is 19.4 Å². The SMILES string of the molecule is C#CCC(CC)NC(=O)c1cc(N)cn1CC. The fraction of sp³-hybridized carbons (Fsp3) is 0.462. The standard InChI is InChI=1S/C13H19N3O/c1-4-7-11(5-2)15-13(17)12-8-10(14)9-16(12)6-3/h1,8-9,11H,5-7,14H2,2-3H3,(H,15,17). The van der Waals surface area contributed by atoms with Crippen LogP contribution in [0.15, 0.2) is 12.3 Å². The van der Waals surface area contributed by atoms with Crippen LogP contribution in [-0.2, 0) is 6.54 Å². The molecular formula is C13H19N3O. The third kappa shape index (κ3) is 3.28. The summed E-state index contributed by atoms with van der Waals surface area (Å²) in [6.07, 6.45) is 8.38. The molecule has 0 saturated heterocycles. The van der Waals surface area contributed by atoms with E-state index in [0.717, 1.165) is 6.42 Å². The Bertz CT molecular complexity index is 428. The lowest BCUT2D eigenvalue weighted by Crippen LogP contribution is -2.35. The van der Waals surface area contributed by atoms with Crippen LogP contribution in [0.3, 0.4) is 0 Å². The number of terminal acetylenes is 1. The molecule has 0 aliphatic rings. The lowest BCUT2D eigenvalue weighted by atomic mass is 10.1. The normalized spacial score (nSPS) is 11.8. The number of aryl methyl sites for hydroxylation is 1. The summed E-state index contributed by atoms with van der Waals surface area (Å²) in [6, 6.07) is 1.70. The van der Waals surface area contributed by atoms with Crippen molar-refractivity contribution >= 4 is 11.6 Å². The molecule has 17 heavy (non-hydrogen) atoms. The fourth-order valence-corrected chi connectivity index (χ4v) is 1.68. The van der Waals surface area contributed by atoms with E-state index in [1.807, 2.05) is 18.4 Å². The summed E-state index contributed by atoms with van der Waals surface area (Å²) in [4.78, 5) is 12.0. The second-order valence-electron chi connectivity index (χ2n) is 3.93. The first kappa shape index (κ1) is 13.2. The zero-order valence-electron chi connectivity index (χ0n) is 10.4. The number of nitrogen functional groups attached to an aromatic ring is 1. The zero-order chi connectivity index (χ0) is 12.8. The monoisotopic (exact) mass is 233 g/mol. The van der Waals surface area contributed by atoms with Crippen LogP contribution < -0.4 is 11.1 Å². The minimum absolute atomic E-state index is 0.0222. The van der Waals surface area contributed by atoms with E-state index in [1.165, 1.54) is 0 Å². The number of carbonyl (C=O) groups is 1. The highest BCUT2D eigenvalue weighted by Crippen LogP contribution is 2.11. The lowest BCUT2D eigenvalue weighted by molar-refractivity contribution is 0.0927. The predicted octanol–water partition coefficient (Wildman–Crippen LogP) is 1.62. The molecule has 1 heterocycles. The van der Waals surface area contributed by atoms with Crippen molar-refractivity contribution in [2.24, 2.45) is 0 Å². The van der Waals surface area contributed by atoms with Gasteiger partial charge in [-0.3, -0.25) is 4.79 Å². The lowest BCUT2D eigenvalue weighted by Gasteiger charge is -2.14. The first-order chi connectivity index (χ1) is 8.12. The van der Waals surface area contributed by atoms with Gasteiger partial charge in [-0.1, -0.05) is 6.92 Å². The molecule has 0 saturated carbocycles. The van der Waals surface area contributed by atoms with Gasteiger partial charge < -0.3 is 15.6 Å². The smallest absolute Gasteiger partial charge is 0.268 e. The van der Waals surface area contributed by atoms with Crippen LogP contribution in [0.5, 0.6) is 0 Å². The number of hydrogen-bond donors (Lipinski definition) is 2. The highest BCUT2D eigenvalue weighted by molar-refractivity contribution is 5.94. The molecule has 1 atom stereocenters. The number of nitrogens with zero attached hydrogens (tertiary/aromatic N) is 1. The molecule has 1 aromatic heterocycles. The first-order valence-corrected chi connectivity index (χ1v) is 5.82. The third-order valence-corrected chi connectivity index (χ3v) is 2.68. The van der Waals surface area contributed by atoms with Gasteiger partial charge in [0.1, 0.15) is 5.69 Å². The second-order valence-corrected chi connectivity index (χ2v) is 3.93. The molecule has 0 aliphatic heterocycles. The van der Waals surface area contributed by atoms with E-state index < -0.39 is 0 Å². The summed E-state index contributed by atoms with van der Waals surface area (Å²) in [5.41, 5.74) is 6.86. The Labute approximate surface area is 102 Å². The number of carbonyl (C=O) groups excluding carboxylic acids is 1. The summed E-state index contributed by atoms with van der Waals surface area (Å²) < 4.78 is 1.83. The van der Waals surface area contributed by atoms with Crippen molar-refractivity contribution in [1.82, 2.24) is 9.88 Å². The zero-order valence-corrected chi connectivity index (χ0v) is 10.4. The Morgan fingerprint density at radius 2 is 2.35 bits per heavy atom. The number of hydrogen-bond acceptors (Lipinski definition) is 2. The summed E-state index contributed by atoms with van der Waals surface area (Å²) in [5, 5.41) is 2.91.